The fourth-order valence-corrected chi connectivity index (χ4v) is 1.21. The average molecular weight is 147 g/mol. The van der Waals surface area contributed by atoms with E-state index in [0.29, 0.717) is 13.0 Å². The van der Waals surface area contributed by atoms with Gasteiger partial charge in [-0.25, -0.2) is 4.39 Å². The highest BCUT2D eigenvalue weighted by molar-refractivity contribution is 4.75. The zero-order valence-electron chi connectivity index (χ0n) is 6.22. The van der Waals surface area contributed by atoms with Crippen LogP contribution in [0, 0.1) is 0 Å². The molecule has 1 fully saturated rings. The molecule has 2 N–H and O–H groups in total. The first-order valence-electron chi connectivity index (χ1n) is 3.73. The second-order valence-corrected chi connectivity index (χ2v) is 2.79. The van der Waals surface area contributed by atoms with E-state index < -0.39 is 6.17 Å². The van der Waals surface area contributed by atoms with Crippen molar-refractivity contribution >= 4 is 0 Å². The molecule has 1 saturated heterocycles. The Morgan fingerprint density at radius 3 is 2.80 bits per heavy atom. The SMILES string of the molecule is C[C@H]1O[C@H](CN)CC[C@H]1F. The van der Waals surface area contributed by atoms with Crippen LogP contribution >= 0.6 is 0 Å². The van der Waals surface area contributed by atoms with E-state index in [1.165, 1.54) is 0 Å². The Bertz CT molecular complexity index is 110. The van der Waals surface area contributed by atoms with Crippen LogP contribution in [0.3, 0.4) is 0 Å². The minimum absolute atomic E-state index is 0.0852. The first kappa shape index (κ1) is 7.95. The van der Waals surface area contributed by atoms with Gasteiger partial charge in [0, 0.05) is 6.54 Å². The molecule has 2 nitrogen and oxygen atoms in total. The number of hydrogen-bond acceptors (Lipinski definition) is 2. The first-order chi connectivity index (χ1) is 4.74. The van der Waals surface area contributed by atoms with Gasteiger partial charge in [0.1, 0.15) is 6.17 Å². The van der Waals surface area contributed by atoms with Crippen molar-refractivity contribution in [3.05, 3.63) is 0 Å². The Morgan fingerprint density at radius 1 is 1.60 bits per heavy atom. The molecule has 0 aliphatic carbocycles. The fourth-order valence-electron chi connectivity index (χ4n) is 1.21. The predicted molar refractivity (Wildman–Crippen MR) is 37.5 cm³/mol. The van der Waals surface area contributed by atoms with E-state index in [0.717, 1.165) is 6.42 Å². The third-order valence-electron chi connectivity index (χ3n) is 1.94. The lowest BCUT2D eigenvalue weighted by Crippen LogP contribution is -2.38. The summed E-state index contributed by atoms with van der Waals surface area (Å²) in [5.74, 6) is 0. The van der Waals surface area contributed by atoms with Gasteiger partial charge in [0.05, 0.1) is 12.2 Å². The fraction of sp³-hybridized carbons (Fsp3) is 1.00. The maximum Gasteiger partial charge on any atom is 0.126 e. The maximum atomic E-state index is 12.7. The Hall–Kier alpha value is -0.150. The van der Waals surface area contributed by atoms with Crippen molar-refractivity contribution in [1.82, 2.24) is 0 Å². The standard InChI is InChI=1S/C7H14FNO/c1-5-7(8)3-2-6(4-9)10-5/h5-7H,2-4,9H2,1H3/t5-,6+,7-/m1/s1. The number of halogens is 1. The summed E-state index contributed by atoms with van der Waals surface area (Å²) in [5, 5.41) is 0. The van der Waals surface area contributed by atoms with Crippen LogP contribution in [0.25, 0.3) is 0 Å². The summed E-state index contributed by atoms with van der Waals surface area (Å²) in [6.07, 6.45) is 0.400. The van der Waals surface area contributed by atoms with Gasteiger partial charge < -0.3 is 10.5 Å². The van der Waals surface area contributed by atoms with Crippen molar-refractivity contribution in [3.8, 4) is 0 Å². The lowest BCUT2D eigenvalue weighted by Gasteiger charge is -2.29. The van der Waals surface area contributed by atoms with Gasteiger partial charge in [-0.05, 0) is 19.8 Å². The van der Waals surface area contributed by atoms with Crippen LogP contribution in [-0.2, 0) is 4.74 Å². The highest BCUT2D eigenvalue weighted by Gasteiger charge is 2.26. The molecule has 60 valence electrons. The highest BCUT2D eigenvalue weighted by atomic mass is 19.1. The third kappa shape index (κ3) is 1.67. The van der Waals surface area contributed by atoms with Gasteiger partial charge >= 0.3 is 0 Å². The summed E-state index contributed by atoms with van der Waals surface area (Å²) in [6.45, 7) is 2.27. The van der Waals surface area contributed by atoms with E-state index in [1.807, 2.05) is 0 Å². The van der Waals surface area contributed by atoms with Gasteiger partial charge in [0.25, 0.3) is 0 Å². The van der Waals surface area contributed by atoms with E-state index in [1.54, 1.807) is 6.92 Å². The minimum atomic E-state index is -0.789. The summed E-state index contributed by atoms with van der Waals surface area (Å²) >= 11 is 0. The Morgan fingerprint density at radius 2 is 2.30 bits per heavy atom. The molecule has 1 aliphatic rings. The molecular weight excluding hydrogens is 133 g/mol. The molecule has 0 saturated carbocycles. The summed E-state index contributed by atoms with van der Waals surface area (Å²) < 4.78 is 18.0. The normalized spacial score (nSPS) is 41.7. The van der Waals surface area contributed by atoms with Gasteiger partial charge in [-0.3, -0.25) is 0 Å². The maximum absolute atomic E-state index is 12.7. The largest absolute Gasteiger partial charge is 0.371 e. The molecule has 1 heterocycles. The van der Waals surface area contributed by atoms with E-state index in [4.69, 9.17) is 10.5 Å². The topological polar surface area (TPSA) is 35.2 Å². The monoisotopic (exact) mass is 147 g/mol. The Kier molecular flexibility index (Phi) is 2.63. The summed E-state index contributed by atoms with van der Waals surface area (Å²) in [7, 11) is 0. The number of nitrogens with two attached hydrogens (primary N) is 1. The number of alkyl halides is 1. The van der Waals surface area contributed by atoms with E-state index >= 15 is 0 Å². The van der Waals surface area contributed by atoms with E-state index in [2.05, 4.69) is 0 Å². The molecule has 3 atom stereocenters. The van der Waals surface area contributed by atoms with Crippen LogP contribution in [0.15, 0.2) is 0 Å². The molecule has 0 aromatic rings. The number of ether oxygens (including phenoxy) is 1. The molecule has 0 aromatic heterocycles. The predicted octanol–water partition coefficient (Wildman–Crippen LogP) is 0.851. The van der Waals surface area contributed by atoms with Crippen LogP contribution in [0.2, 0.25) is 0 Å². The van der Waals surface area contributed by atoms with Crippen LogP contribution in [0.1, 0.15) is 19.8 Å². The molecule has 1 rings (SSSR count). The van der Waals surface area contributed by atoms with Gasteiger partial charge in [0.15, 0.2) is 0 Å². The van der Waals surface area contributed by atoms with E-state index in [-0.39, 0.29) is 12.2 Å². The second-order valence-electron chi connectivity index (χ2n) is 2.79. The zero-order valence-corrected chi connectivity index (χ0v) is 6.22. The molecule has 0 radical (unpaired) electrons. The average Bonchev–Trinajstić information content (AvgIpc) is 1.95. The third-order valence-corrected chi connectivity index (χ3v) is 1.94. The molecule has 10 heavy (non-hydrogen) atoms. The number of hydrogen-bond donors (Lipinski definition) is 1. The minimum Gasteiger partial charge on any atom is -0.371 e. The van der Waals surface area contributed by atoms with Crippen molar-refractivity contribution in [2.75, 3.05) is 6.54 Å². The zero-order chi connectivity index (χ0) is 7.56. The summed E-state index contributed by atoms with van der Waals surface area (Å²) in [4.78, 5) is 0. The Labute approximate surface area is 60.5 Å². The van der Waals surface area contributed by atoms with Crippen LogP contribution < -0.4 is 5.73 Å². The van der Waals surface area contributed by atoms with Crippen molar-refractivity contribution in [2.45, 2.75) is 38.1 Å². The molecule has 0 spiro atoms. The molecule has 0 amide bonds. The highest BCUT2D eigenvalue weighted by Crippen LogP contribution is 2.20. The van der Waals surface area contributed by atoms with Gasteiger partial charge in [-0.2, -0.15) is 0 Å². The molecular formula is C7H14FNO. The van der Waals surface area contributed by atoms with Crippen molar-refractivity contribution in [3.63, 3.8) is 0 Å². The van der Waals surface area contributed by atoms with Gasteiger partial charge in [-0.15, -0.1) is 0 Å². The summed E-state index contributed by atoms with van der Waals surface area (Å²) in [5.41, 5.74) is 5.36. The lowest BCUT2D eigenvalue weighted by atomic mass is 10.0. The quantitative estimate of drug-likeness (QED) is 0.596. The van der Waals surface area contributed by atoms with Crippen molar-refractivity contribution < 1.29 is 9.13 Å². The first-order valence-corrected chi connectivity index (χ1v) is 3.73. The van der Waals surface area contributed by atoms with Gasteiger partial charge in [0.2, 0.25) is 0 Å². The van der Waals surface area contributed by atoms with E-state index in [9.17, 15) is 4.39 Å². The molecule has 0 aromatic carbocycles. The number of rotatable bonds is 1. The second kappa shape index (κ2) is 3.30. The molecule has 1 aliphatic heterocycles. The smallest absolute Gasteiger partial charge is 0.126 e. The van der Waals surface area contributed by atoms with Crippen molar-refractivity contribution in [2.24, 2.45) is 5.73 Å². The molecule has 0 bridgehead atoms. The van der Waals surface area contributed by atoms with Crippen LogP contribution in [-0.4, -0.2) is 24.9 Å². The molecule has 0 unspecified atom stereocenters. The molecule has 3 heteroatoms. The van der Waals surface area contributed by atoms with Crippen LogP contribution in [0.4, 0.5) is 4.39 Å². The van der Waals surface area contributed by atoms with Crippen molar-refractivity contribution in [1.29, 1.82) is 0 Å². The summed E-state index contributed by atoms with van der Waals surface area (Å²) in [6, 6.07) is 0. The lowest BCUT2D eigenvalue weighted by molar-refractivity contribution is -0.0775. The van der Waals surface area contributed by atoms with Crippen LogP contribution in [0.5, 0.6) is 0 Å². The van der Waals surface area contributed by atoms with Gasteiger partial charge in [-0.1, -0.05) is 0 Å². The Balaban J connectivity index is 2.33.